The third kappa shape index (κ3) is 3.89. The molecule has 26 heavy (non-hydrogen) atoms. The summed E-state index contributed by atoms with van der Waals surface area (Å²) in [5.41, 5.74) is 1.71. The van der Waals surface area contributed by atoms with E-state index in [1.54, 1.807) is 0 Å². The van der Waals surface area contributed by atoms with Gasteiger partial charge in [-0.15, -0.1) is 0 Å². The maximum absolute atomic E-state index is 10.8. The van der Waals surface area contributed by atoms with E-state index in [9.17, 15) is 5.11 Å². The Balaban J connectivity index is 2.28. The first kappa shape index (κ1) is 18.8. The van der Waals surface area contributed by atoms with E-state index in [0.717, 1.165) is 16.7 Å². The second-order valence-corrected chi connectivity index (χ2v) is 7.24. The zero-order chi connectivity index (χ0) is 18.5. The summed E-state index contributed by atoms with van der Waals surface area (Å²) in [4.78, 5) is 0. The molecule has 1 atom stereocenters. The molecule has 1 unspecified atom stereocenters. The molecular weight excluding hydrogens is 392 g/mol. The van der Waals surface area contributed by atoms with Crippen LogP contribution in [0.5, 0.6) is 0 Å². The Bertz CT molecular complexity index is 708. The van der Waals surface area contributed by atoms with Gasteiger partial charge in [-0.3, -0.25) is 0 Å². The monoisotopic (exact) mass is 412 g/mol. The van der Waals surface area contributed by atoms with Gasteiger partial charge in [0.2, 0.25) is 4.70 Å². The van der Waals surface area contributed by atoms with Crippen LogP contribution >= 0.6 is 15.9 Å². The first-order valence-corrected chi connectivity index (χ1v) is 9.15. The quantitative estimate of drug-likeness (QED) is 0.347. The van der Waals surface area contributed by atoms with Crippen LogP contribution in [0.3, 0.4) is 0 Å². The van der Waals surface area contributed by atoms with Crippen molar-refractivity contribution in [3.05, 3.63) is 108 Å². The highest BCUT2D eigenvalue weighted by molar-refractivity contribution is 9.10. The number of ether oxygens (including phenoxy) is 2. The predicted molar refractivity (Wildman–Crippen MR) is 106 cm³/mol. The number of hydrogen-bond acceptors (Lipinski definition) is 3. The number of halogens is 1. The van der Waals surface area contributed by atoms with Crippen molar-refractivity contribution in [1.82, 2.24) is 0 Å². The van der Waals surface area contributed by atoms with Crippen molar-refractivity contribution in [2.45, 2.75) is 10.3 Å². The first-order valence-electron chi connectivity index (χ1n) is 8.35. The third-order valence-corrected chi connectivity index (χ3v) is 4.56. The van der Waals surface area contributed by atoms with Crippen LogP contribution in [-0.4, -0.2) is 23.5 Å². The van der Waals surface area contributed by atoms with Gasteiger partial charge in [-0.25, -0.2) is 0 Å². The van der Waals surface area contributed by atoms with E-state index in [0.29, 0.717) is 0 Å². The maximum Gasteiger partial charge on any atom is 0.249 e. The van der Waals surface area contributed by atoms with Crippen LogP contribution in [-0.2, 0) is 15.1 Å². The molecule has 3 rings (SSSR count). The van der Waals surface area contributed by atoms with Crippen molar-refractivity contribution in [3.63, 3.8) is 0 Å². The van der Waals surface area contributed by atoms with E-state index < -0.39 is 10.3 Å². The van der Waals surface area contributed by atoms with Gasteiger partial charge in [-0.05, 0) is 32.6 Å². The van der Waals surface area contributed by atoms with Crippen molar-refractivity contribution in [2.75, 3.05) is 13.7 Å². The predicted octanol–water partition coefficient (Wildman–Crippen LogP) is 4.68. The fraction of sp³-hybridized carbons (Fsp3) is 0.182. The third-order valence-electron chi connectivity index (χ3n) is 4.17. The summed E-state index contributed by atoms with van der Waals surface area (Å²) in [5, 5.41) is 10.8. The summed E-state index contributed by atoms with van der Waals surface area (Å²) in [7, 11) is 1.52. The molecule has 0 heterocycles. The molecule has 0 aliphatic heterocycles. The molecule has 134 valence electrons. The Hall–Kier alpha value is -1.98. The molecular formula is C22H21BrO3. The van der Waals surface area contributed by atoms with Crippen molar-refractivity contribution < 1.29 is 14.6 Å². The lowest BCUT2D eigenvalue weighted by molar-refractivity contribution is -0.202. The fourth-order valence-corrected chi connectivity index (χ4v) is 3.61. The molecule has 0 radical (unpaired) electrons. The number of rotatable bonds is 7. The van der Waals surface area contributed by atoms with Crippen LogP contribution in [0.4, 0.5) is 0 Å². The molecule has 0 aliphatic rings. The van der Waals surface area contributed by atoms with Gasteiger partial charge < -0.3 is 14.6 Å². The van der Waals surface area contributed by atoms with Crippen LogP contribution in [0.2, 0.25) is 0 Å². The number of alkyl halides is 1. The van der Waals surface area contributed by atoms with Gasteiger partial charge in [0.05, 0.1) is 0 Å². The molecule has 0 saturated carbocycles. The molecule has 3 aromatic carbocycles. The Morgan fingerprint density at radius 2 is 1.08 bits per heavy atom. The first-order chi connectivity index (χ1) is 12.6. The molecule has 3 nitrogen and oxygen atoms in total. The van der Waals surface area contributed by atoms with Gasteiger partial charge in [0.15, 0.2) is 0 Å². The van der Waals surface area contributed by atoms with Crippen LogP contribution < -0.4 is 0 Å². The van der Waals surface area contributed by atoms with E-state index in [2.05, 4.69) is 15.9 Å². The molecule has 0 spiro atoms. The normalized spacial score (nSPS) is 14.0. The van der Waals surface area contributed by atoms with Crippen LogP contribution in [0.15, 0.2) is 91.0 Å². The fourth-order valence-electron chi connectivity index (χ4n) is 3.14. The summed E-state index contributed by atoms with van der Waals surface area (Å²) < 4.78 is 9.85. The maximum atomic E-state index is 10.8. The Morgan fingerprint density at radius 3 is 1.38 bits per heavy atom. The second kappa shape index (κ2) is 8.14. The van der Waals surface area contributed by atoms with E-state index in [1.165, 1.54) is 7.11 Å². The number of methoxy groups -OCH3 is 1. The van der Waals surface area contributed by atoms with E-state index in [-0.39, 0.29) is 6.61 Å². The van der Waals surface area contributed by atoms with Gasteiger partial charge in [-0.2, -0.15) is 0 Å². The number of hydrogen-bond donors (Lipinski definition) is 1. The van der Waals surface area contributed by atoms with Gasteiger partial charge >= 0.3 is 0 Å². The van der Waals surface area contributed by atoms with E-state index in [4.69, 9.17) is 9.47 Å². The molecule has 0 bridgehead atoms. The van der Waals surface area contributed by atoms with Crippen molar-refractivity contribution in [2.24, 2.45) is 0 Å². The van der Waals surface area contributed by atoms with Crippen LogP contribution in [0.25, 0.3) is 0 Å². The second-order valence-electron chi connectivity index (χ2n) is 6.00. The summed E-state index contributed by atoms with van der Waals surface area (Å²) in [5.74, 6) is 0. The lowest BCUT2D eigenvalue weighted by atomic mass is 9.80. The minimum absolute atomic E-state index is 0.0265. The lowest BCUT2D eigenvalue weighted by Crippen LogP contribution is -2.43. The van der Waals surface area contributed by atoms with Gasteiger partial charge in [0, 0.05) is 7.11 Å². The largest absolute Gasteiger partial charge is 0.378 e. The van der Waals surface area contributed by atoms with Gasteiger partial charge in [0.25, 0.3) is 0 Å². The summed E-state index contributed by atoms with van der Waals surface area (Å²) >= 11 is 3.28. The summed E-state index contributed by atoms with van der Waals surface area (Å²) in [6.07, 6.45) is 0. The molecule has 0 aliphatic carbocycles. The van der Waals surface area contributed by atoms with Gasteiger partial charge in [0.1, 0.15) is 12.2 Å². The molecule has 0 saturated heterocycles. The lowest BCUT2D eigenvalue weighted by Gasteiger charge is -2.40. The molecule has 1 N–H and O–H groups in total. The Kier molecular flexibility index (Phi) is 5.89. The van der Waals surface area contributed by atoms with E-state index >= 15 is 0 Å². The highest BCUT2D eigenvalue weighted by Gasteiger charge is 2.44. The Labute approximate surface area is 162 Å². The Morgan fingerprint density at radius 1 is 0.731 bits per heavy atom. The average Bonchev–Trinajstić information content (AvgIpc) is 2.68. The molecule has 3 aromatic rings. The summed E-state index contributed by atoms with van der Waals surface area (Å²) in [6, 6.07) is 29.6. The smallest absolute Gasteiger partial charge is 0.249 e. The van der Waals surface area contributed by atoms with Crippen molar-refractivity contribution in [3.8, 4) is 0 Å². The highest BCUT2D eigenvalue weighted by atomic mass is 79.9. The summed E-state index contributed by atoms with van der Waals surface area (Å²) in [6.45, 7) is -0.0265. The van der Waals surface area contributed by atoms with Crippen molar-refractivity contribution >= 4 is 15.9 Å². The number of aliphatic hydroxyl groups is 1. The van der Waals surface area contributed by atoms with Crippen LogP contribution in [0.1, 0.15) is 16.7 Å². The van der Waals surface area contributed by atoms with E-state index in [1.807, 2.05) is 91.0 Å². The van der Waals surface area contributed by atoms with Crippen LogP contribution in [0, 0.1) is 0 Å². The standard InChI is InChI=1S/C22H21BrO3/c1-25-17-21(23,24)26-22(18-11-5-2-6-12-18,19-13-7-3-8-14-19)20-15-9-4-10-16-20/h2-16,24H,17H2,1H3. The minimum Gasteiger partial charge on any atom is -0.378 e. The molecule has 0 aromatic heterocycles. The zero-order valence-electron chi connectivity index (χ0n) is 14.5. The number of benzene rings is 3. The molecule has 0 fully saturated rings. The topological polar surface area (TPSA) is 38.7 Å². The average molecular weight is 413 g/mol. The molecule has 4 heteroatoms. The van der Waals surface area contributed by atoms with Gasteiger partial charge in [-0.1, -0.05) is 91.0 Å². The molecule has 0 amide bonds. The minimum atomic E-state index is -1.66. The van der Waals surface area contributed by atoms with Crippen molar-refractivity contribution in [1.29, 1.82) is 0 Å². The zero-order valence-corrected chi connectivity index (χ0v) is 16.1. The SMILES string of the molecule is COCC(O)(Br)OC(c1ccccc1)(c1ccccc1)c1ccccc1. The highest BCUT2D eigenvalue weighted by Crippen LogP contribution is 2.44.